The first-order chi connectivity index (χ1) is 67.6. The fraction of sp³-hybridized carbons (Fsp3) is 0.150. The number of para-hydroxylation sites is 1. The number of benzene rings is 8. The van der Waals surface area contributed by atoms with Crippen LogP contribution in [-0.4, -0.2) is 80.5 Å². The minimum absolute atomic E-state index is 0. The molecule has 0 unspecified atom stereocenters. The van der Waals surface area contributed by atoms with Gasteiger partial charge in [-0.25, -0.2) is 17.7 Å². The maximum atomic E-state index is 12.5. The highest BCUT2D eigenvalue weighted by atomic mass is 35.5. The number of carbonyl (C=O) groups excluding carboxylic acids is 5. The molecule has 0 fully saturated rings. The number of nitrogens with zero attached hydrogens (tertiary/aromatic N) is 4. The lowest BCUT2D eigenvalue weighted by Gasteiger charge is -2.19. The number of aromatic nitrogens is 3. The lowest BCUT2D eigenvalue weighted by molar-refractivity contribution is 0.102. The van der Waals surface area contributed by atoms with E-state index in [9.17, 15) is 32.4 Å². The van der Waals surface area contributed by atoms with E-state index >= 15 is 0 Å². The SMILES string of the molecule is C.CC(C)c1ccc(-c2ccc(C(=O)Nc3ccccc3)s2)cc1.CC(C)c1ccc(-c2ccc(C(=O)Nc3ccccn3)s2)cc1.CC(C)c1ccc(-c2ccc(C(=O)Nc3cccnc3)s2)cc1.CC(C)c1ccc(-c2ccc(N(c3ccncc3)S(C)(=O)=O)o2)cc1.COc1cc(NC(=O)c2ccc(-c3ccc(Cl)cc3)s2)cc(OC)c1.COc1ccc(NC(=O)c2ccc(-c3ccsc3)s2)cc1. The van der Waals surface area contributed by atoms with Crippen LogP contribution < -0.4 is 45.1 Å². The highest BCUT2D eigenvalue weighted by Crippen LogP contribution is 2.39. The number of ether oxygens (including phenoxy) is 3. The molecule has 0 aliphatic rings. The van der Waals surface area contributed by atoms with Crippen LogP contribution in [0.4, 0.5) is 40.1 Å². The number of thiophene rings is 6. The fourth-order valence-electron chi connectivity index (χ4n) is 13.7. The Morgan fingerprint density at radius 3 is 1.12 bits per heavy atom. The molecule has 28 heteroatoms. The number of sulfonamides is 1. The number of methoxy groups -OCH3 is 3. The average molecular weight is 2030 g/mol. The van der Waals surface area contributed by atoms with Crippen molar-refractivity contribution in [3.8, 4) is 80.8 Å². The van der Waals surface area contributed by atoms with E-state index in [1.54, 1.807) is 124 Å². The molecule has 5 N–H and O–H groups in total. The highest BCUT2D eigenvalue weighted by molar-refractivity contribution is 7.92. The van der Waals surface area contributed by atoms with Crippen molar-refractivity contribution in [2.24, 2.45) is 0 Å². The van der Waals surface area contributed by atoms with Crippen LogP contribution in [0, 0.1) is 0 Å². The van der Waals surface area contributed by atoms with E-state index in [2.05, 4.69) is 193 Å². The number of furan rings is 1. The molecular weight excluding hydrogens is 1920 g/mol. The summed E-state index contributed by atoms with van der Waals surface area (Å²) in [6, 6.07) is 100. The van der Waals surface area contributed by atoms with E-state index < -0.39 is 10.0 Å². The quantitative estimate of drug-likeness (QED) is 0.0338. The van der Waals surface area contributed by atoms with Gasteiger partial charge in [-0.15, -0.1) is 56.7 Å². The van der Waals surface area contributed by atoms with Crippen LogP contribution in [0.3, 0.4) is 0 Å². The van der Waals surface area contributed by atoms with Gasteiger partial charge in [-0.3, -0.25) is 33.9 Å². The molecule has 10 aromatic heterocycles. The molecule has 0 aliphatic carbocycles. The number of hydrogen-bond acceptors (Lipinski definition) is 20. The molecule has 0 aliphatic heterocycles. The summed E-state index contributed by atoms with van der Waals surface area (Å²) in [4.78, 5) is 82.4. The number of amides is 5. The molecule has 0 saturated heterocycles. The molecule has 10 heterocycles. The number of carbonyl (C=O) groups is 5. The predicted molar refractivity (Wildman–Crippen MR) is 587 cm³/mol. The van der Waals surface area contributed by atoms with Crippen molar-refractivity contribution in [3.63, 3.8) is 0 Å². The van der Waals surface area contributed by atoms with Gasteiger partial charge in [-0.1, -0.05) is 208 Å². The number of anilines is 7. The summed E-state index contributed by atoms with van der Waals surface area (Å²) in [5, 5.41) is 19.1. The van der Waals surface area contributed by atoms with Crippen LogP contribution in [-0.2, 0) is 10.0 Å². The average Bonchev–Trinajstić information content (AvgIpc) is 1.66. The standard InChI is InChI=1S/C20H19NOS.C19H16ClNO3S.C19H20N2O3S.2C19H18N2OS.C16H13NO2S2.CH4/c1-14(2)15-8-10-16(11-9-15)18-12-13-19(23-18)20(22)21-17-6-4-3-5-7-17;1-23-15-9-14(10-16(11-15)24-2)21-19(22)18-8-7-17(25-18)12-3-5-13(20)6-4-12;1-14(2)15-4-6-16(7-5-15)18-8-9-19(24-18)21(25(3,22)23)17-10-12-20-13-11-17;1-13(2)14-5-7-15(8-6-14)17-9-10-18(23-17)19(22)21-16-4-3-11-20-12-16;1-13(2)14-6-8-15(9-7-14)16-10-11-17(23-16)19(22)21-18-5-3-4-12-20-18;1-19-13-4-2-12(3-5-13)17-16(18)15-7-6-14(21-15)11-8-9-20-10-11;/h3-14H,1-2H3,(H,21,22);3-11H,1-2H3,(H,21,22);4-14H,1-3H3;3-13H,1-2H3,(H,21,22);3-13H,1-2H3,(H,20,21,22);2-10H,1H3,(H,17,18);1H4. The second-order valence-corrected chi connectivity index (χ2v) is 41.2. The molecule has 18 rings (SSSR count). The Bertz CT molecular complexity index is 6810. The second kappa shape index (κ2) is 51.4. The number of nitrogens with one attached hydrogen (secondary N) is 5. The Balaban J connectivity index is 0.000000151. The summed E-state index contributed by atoms with van der Waals surface area (Å²) in [5.74, 6) is 4.88. The zero-order chi connectivity index (χ0) is 99.2. The van der Waals surface area contributed by atoms with Crippen molar-refractivity contribution in [2.75, 3.05) is 58.5 Å². The smallest absolute Gasteiger partial charge is 0.266 e. The van der Waals surface area contributed by atoms with E-state index in [1.165, 1.54) is 83.2 Å². The molecule has 720 valence electrons. The number of rotatable bonds is 26. The molecule has 8 aromatic carbocycles. The maximum absolute atomic E-state index is 12.5. The largest absolute Gasteiger partial charge is 0.497 e. The van der Waals surface area contributed by atoms with E-state index in [-0.39, 0.29) is 42.8 Å². The van der Waals surface area contributed by atoms with Gasteiger partial charge in [-0.05, 0) is 237 Å². The Morgan fingerprint density at radius 1 is 0.355 bits per heavy atom. The van der Waals surface area contributed by atoms with Crippen LogP contribution in [0.5, 0.6) is 17.2 Å². The predicted octanol–water partition coefficient (Wildman–Crippen LogP) is 31.4. The van der Waals surface area contributed by atoms with E-state index in [0.717, 1.165) is 86.0 Å². The minimum Gasteiger partial charge on any atom is -0.497 e. The summed E-state index contributed by atoms with van der Waals surface area (Å²) in [5.41, 5.74) is 15.1. The molecule has 0 bridgehead atoms. The Labute approximate surface area is 852 Å². The van der Waals surface area contributed by atoms with Gasteiger partial charge in [0.1, 0.15) is 28.8 Å². The van der Waals surface area contributed by atoms with Crippen LogP contribution in [0.1, 0.15) is 157 Å². The molecule has 0 atom stereocenters. The maximum Gasteiger partial charge on any atom is 0.266 e. The summed E-state index contributed by atoms with van der Waals surface area (Å²) in [7, 11) is 1.21. The Morgan fingerprint density at radius 2 is 0.738 bits per heavy atom. The lowest BCUT2D eigenvalue weighted by Crippen LogP contribution is -2.24. The van der Waals surface area contributed by atoms with Crippen molar-refractivity contribution in [2.45, 2.75) is 86.5 Å². The van der Waals surface area contributed by atoms with Crippen molar-refractivity contribution in [1.82, 2.24) is 15.0 Å². The summed E-state index contributed by atoms with van der Waals surface area (Å²) in [6.07, 6.45) is 9.21. The fourth-order valence-corrected chi connectivity index (χ4v) is 20.0. The first-order valence-corrected chi connectivity index (χ1v) is 51.9. The summed E-state index contributed by atoms with van der Waals surface area (Å²) < 4.78 is 47.0. The molecule has 20 nitrogen and oxygen atoms in total. The molecule has 141 heavy (non-hydrogen) atoms. The highest BCUT2D eigenvalue weighted by Gasteiger charge is 2.25. The Hall–Kier alpha value is -14.5. The van der Waals surface area contributed by atoms with E-state index in [1.807, 2.05) is 169 Å². The molecule has 5 amide bonds. The van der Waals surface area contributed by atoms with Crippen LogP contribution in [0.15, 0.2) is 362 Å². The minimum atomic E-state index is -3.55. The molecule has 0 radical (unpaired) electrons. The van der Waals surface area contributed by atoms with Crippen molar-refractivity contribution < 1.29 is 51.0 Å². The van der Waals surface area contributed by atoms with Crippen LogP contribution in [0.2, 0.25) is 5.02 Å². The van der Waals surface area contributed by atoms with Crippen LogP contribution >= 0.6 is 79.6 Å². The van der Waals surface area contributed by atoms with Crippen LogP contribution in [0.25, 0.3) is 63.5 Å². The van der Waals surface area contributed by atoms with Crippen molar-refractivity contribution >= 4 is 159 Å². The normalized spacial score (nSPS) is 10.7. The zero-order valence-corrected chi connectivity index (χ0v) is 85.4. The van der Waals surface area contributed by atoms with Gasteiger partial charge in [0, 0.05) is 107 Å². The van der Waals surface area contributed by atoms with Crippen molar-refractivity contribution in [3.05, 3.63) is 409 Å². The van der Waals surface area contributed by atoms with Gasteiger partial charge in [0.2, 0.25) is 15.9 Å². The van der Waals surface area contributed by atoms with Gasteiger partial charge in [-0.2, -0.15) is 11.3 Å². The van der Waals surface area contributed by atoms with E-state index in [0.29, 0.717) is 88.3 Å². The number of halogens is 1. The van der Waals surface area contributed by atoms with E-state index in [4.69, 9.17) is 30.2 Å². The first-order valence-electron chi connectivity index (χ1n) is 44.6. The molecular formula is C113H108ClN9O11S7. The molecule has 0 spiro atoms. The van der Waals surface area contributed by atoms with Gasteiger partial charge in [0.05, 0.1) is 69.5 Å². The van der Waals surface area contributed by atoms with Gasteiger partial charge < -0.3 is 45.2 Å². The third-order valence-electron chi connectivity index (χ3n) is 21.4. The second-order valence-electron chi connectivity index (χ2n) is 32.7. The first kappa shape index (κ1) is 105. The topological polar surface area (TPSA) is 262 Å². The Kier molecular flexibility index (Phi) is 38.4. The molecule has 0 saturated carbocycles. The number of hydrogen-bond donors (Lipinski definition) is 5. The van der Waals surface area contributed by atoms with Gasteiger partial charge >= 0.3 is 0 Å². The number of pyridine rings is 3. The molecule has 18 aromatic rings. The summed E-state index contributed by atoms with van der Waals surface area (Å²) in [6.45, 7) is 17.4. The monoisotopic (exact) mass is 2030 g/mol. The van der Waals surface area contributed by atoms with Gasteiger partial charge in [0.15, 0.2) is 0 Å². The van der Waals surface area contributed by atoms with Crippen molar-refractivity contribution in [1.29, 1.82) is 0 Å². The lowest BCUT2D eigenvalue weighted by atomic mass is 10.0. The third kappa shape index (κ3) is 30.5. The zero-order valence-electron chi connectivity index (χ0n) is 78.9. The third-order valence-corrected chi connectivity index (χ3v) is 29.0. The van der Waals surface area contributed by atoms with Gasteiger partial charge in [0.25, 0.3) is 29.5 Å². The summed E-state index contributed by atoms with van der Waals surface area (Å²) >= 11 is 15.0.